The average Bonchev–Trinajstić information content (AvgIpc) is 3.12. The maximum absolute atomic E-state index is 12.4. The van der Waals surface area contributed by atoms with Crippen LogP contribution in [0.5, 0.6) is 0 Å². The molecule has 0 spiro atoms. The third-order valence-electron chi connectivity index (χ3n) is 4.04. The van der Waals surface area contributed by atoms with Crippen LogP contribution < -0.4 is 10.0 Å². The normalized spacial score (nSPS) is 25.9. The van der Waals surface area contributed by atoms with E-state index in [1.54, 1.807) is 0 Å². The Balaban J connectivity index is 1.75. The molecular formula is C12H17N3O3S2. The molecule has 0 aliphatic carbocycles. The lowest BCUT2D eigenvalue weighted by molar-refractivity contribution is 0.0786. The smallest absolute Gasteiger partial charge is 0.263 e. The Kier molecular flexibility index (Phi) is 3.57. The van der Waals surface area contributed by atoms with Crippen molar-refractivity contribution in [2.24, 2.45) is 11.8 Å². The van der Waals surface area contributed by atoms with E-state index >= 15 is 0 Å². The molecule has 110 valence electrons. The second-order valence-electron chi connectivity index (χ2n) is 5.24. The van der Waals surface area contributed by atoms with Gasteiger partial charge in [-0.2, -0.15) is 0 Å². The molecule has 6 nitrogen and oxygen atoms in total. The van der Waals surface area contributed by atoms with Crippen LogP contribution in [0.4, 0.5) is 0 Å². The number of hydrogen-bond donors (Lipinski definition) is 2. The zero-order valence-electron chi connectivity index (χ0n) is 11.1. The van der Waals surface area contributed by atoms with Crippen molar-refractivity contribution >= 4 is 27.3 Å². The predicted octanol–water partition coefficient (Wildman–Crippen LogP) is -0.0524. The summed E-state index contributed by atoms with van der Waals surface area (Å²) >= 11 is 1.19. The Hall–Kier alpha value is -0.960. The minimum Gasteiger partial charge on any atom is -0.337 e. The van der Waals surface area contributed by atoms with Crippen molar-refractivity contribution in [2.75, 3.05) is 33.2 Å². The lowest BCUT2D eigenvalue weighted by Gasteiger charge is -2.16. The van der Waals surface area contributed by atoms with Crippen molar-refractivity contribution in [3.8, 4) is 0 Å². The van der Waals surface area contributed by atoms with Crippen LogP contribution in [-0.4, -0.2) is 52.5 Å². The van der Waals surface area contributed by atoms with Gasteiger partial charge in [-0.1, -0.05) is 0 Å². The number of amides is 1. The number of carbonyl (C=O) groups excluding carboxylic acids is 1. The van der Waals surface area contributed by atoms with Gasteiger partial charge in [0.1, 0.15) is 0 Å². The summed E-state index contributed by atoms with van der Waals surface area (Å²) in [6, 6.07) is 1.46. The molecule has 1 aromatic heterocycles. The van der Waals surface area contributed by atoms with Crippen molar-refractivity contribution in [3.63, 3.8) is 0 Å². The highest BCUT2D eigenvalue weighted by Gasteiger charge is 2.38. The van der Waals surface area contributed by atoms with Gasteiger partial charge in [-0.3, -0.25) is 4.79 Å². The maximum Gasteiger partial charge on any atom is 0.263 e. The Morgan fingerprint density at radius 2 is 2.05 bits per heavy atom. The third-order valence-corrected chi connectivity index (χ3v) is 6.50. The van der Waals surface area contributed by atoms with Gasteiger partial charge in [0.25, 0.3) is 5.91 Å². The van der Waals surface area contributed by atoms with Crippen molar-refractivity contribution in [3.05, 3.63) is 16.3 Å². The number of likely N-dealkylation sites (tertiary alicyclic amines) is 1. The van der Waals surface area contributed by atoms with Crippen LogP contribution in [0.2, 0.25) is 0 Å². The number of sulfonamides is 1. The number of hydrogen-bond acceptors (Lipinski definition) is 5. The van der Waals surface area contributed by atoms with E-state index in [2.05, 4.69) is 10.0 Å². The molecular weight excluding hydrogens is 298 g/mol. The molecule has 2 atom stereocenters. The first-order valence-corrected chi connectivity index (χ1v) is 8.89. The molecule has 0 bridgehead atoms. The molecule has 0 saturated carbocycles. The van der Waals surface area contributed by atoms with Gasteiger partial charge in [-0.25, -0.2) is 13.1 Å². The van der Waals surface area contributed by atoms with Crippen molar-refractivity contribution in [2.45, 2.75) is 4.90 Å². The largest absolute Gasteiger partial charge is 0.337 e. The monoisotopic (exact) mass is 315 g/mol. The first-order chi connectivity index (χ1) is 9.51. The highest BCUT2D eigenvalue weighted by atomic mass is 32.2. The zero-order valence-corrected chi connectivity index (χ0v) is 12.8. The van der Waals surface area contributed by atoms with E-state index in [0.717, 1.165) is 26.2 Å². The van der Waals surface area contributed by atoms with E-state index < -0.39 is 10.0 Å². The van der Waals surface area contributed by atoms with Gasteiger partial charge in [0.05, 0.1) is 9.77 Å². The number of thiophene rings is 1. The minimum absolute atomic E-state index is 0.0537. The summed E-state index contributed by atoms with van der Waals surface area (Å²) in [5.41, 5.74) is 0. The van der Waals surface area contributed by atoms with Crippen molar-refractivity contribution in [1.82, 2.24) is 14.9 Å². The number of fused-ring (bicyclic) bond motifs is 1. The molecule has 3 heterocycles. The summed E-state index contributed by atoms with van der Waals surface area (Å²) in [4.78, 5) is 14.9. The molecule has 3 rings (SSSR count). The lowest BCUT2D eigenvalue weighted by atomic mass is 10.0. The van der Waals surface area contributed by atoms with Gasteiger partial charge in [-0.15, -0.1) is 11.3 Å². The summed E-state index contributed by atoms with van der Waals surface area (Å²) in [6.07, 6.45) is 0. The quantitative estimate of drug-likeness (QED) is 0.820. The summed E-state index contributed by atoms with van der Waals surface area (Å²) in [5.74, 6) is 1.03. The molecule has 0 unspecified atom stereocenters. The summed E-state index contributed by atoms with van der Waals surface area (Å²) in [5, 5.41) is 4.84. The second-order valence-corrected chi connectivity index (χ2v) is 8.04. The fourth-order valence-electron chi connectivity index (χ4n) is 2.87. The number of rotatable bonds is 3. The highest BCUT2D eigenvalue weighted by Crippen LogP contribution is 2.29. The SMILES string of the molecule is CNS(=O)(=O)c1csc(C(=O)N2C[C@H]3CNC[C@H]3C2)c1. The van der Waals surface area contributed by atoms with Crippen LogP contribution in [0, 0.1) is 11.8 Å². The highest BCUT2D eigenvalue weighted by molar-refractivity contribution is 7.89. The van der Waals surface area contributed by atoms with Crippen LogP contribution in [0.15, 0.2) is 16.3 Å². The van der Waals surface area contributed by atoms with Gasteiger partial charge in [0, 0.05) is 31.6 Å². The first-order valence-electron chi connectivity index (χ1n) is 6.53. The molecule has 0 radical (unpaired) electrons. The van der Waals surface area contributed by atoms with E-state index in [0.29, 0.717) is 16.7 Å². The van der Waals surface area contributed by atoms with Gasteiger partial charge in [0.15, 0.2) is 0 Å². The topological polar surface area (TPSA) is 78.5 Å². The lowest BCUT2D eigenvalue weighted by Crippen LogP contribution is -2.31. The zero-order chi connectivity index (χ0) is 14.3. The van der Waals surface area contributed by atoms with E-state index in [-0.39, 0.29) is 10.8 Å². The molecule has 1 amide bonds. The van der Waals surface area contributed by atoms with Crippen LogP contribution in [-0.2, 0) is 10.0 Å². The van der Waals surface area contributed by atoms with Crippen molar-refractivity contribution in [1.29, 1.82) is 0 Å². The van der Waals surface area contributed by atoms with Crippen LogP contribution in [0.3, 0.4) is 0 Å². The molecule has 2 saturated heterocycles. The number of nitrogens with zero attached hydrogens (tertiary/aromatic N) is 1. The van der Waals surface area contributed by atoms with Crippen LogP contribution in [0.1, 0.15) is 9.67 Å². The third kappa shape index (κ3) is 2.37. The van der Waals surface area contributed by atoms with Gasteiger partial charge in [0.2, 0.25) is 10.0 Å². The molecule has 8 heteroatoms. The average molecular weight is 315 g/mol. The molecule has 2 aliphatic heterocycles. The van der Waals surface area contributed by atoms with Gasteiger partial charge in [-0.05, 0) is 24.9 Å². The summed E-state index contributed by atoms with van der Waals surface area (Å²) in [6.45, 7) is 3.47. The molecule has 2 aliphatic rings. The van der Waals surface area contributed by atoms with Gasteiger partial charge >= 0.3 is 0 Å². The number of carbonyl (C=O) groups is 1. The van der Waals surface area contributed by atoms with E-state index in [1.165, 1.54) is 29.8 Å². The molecule has 20 heavy (non-hydrogen) atoms. The Morgan fingerprint density at radius 3 is 2.65 bits per heavy atom. The Labute approximate surface area is 122 Å². The van der Waals surface area contributed by atoms with E-state index in [1.807, 2.05) is 4.90 Å². The molecule has 2 fully saturated rings. The summed E-state index contributed by atoms with van der Waals surface area (Å²) < 4.78 is 25.6. The first kappa shape index (κ1) is 14.0. The molecule has 1 aromatic rings. The fourth-order valence-corrected chi connectivity index (χ4v) is 4.84. The van der Waals surface area contributed by atoms with Crippen LogP contribution >= 0.6 is 11.3 Å². The van der Waals surface area contributed by atoms with E-state index in [4.69, 9.17) is 0 Å². The molecule has 0 aromatic carbocycles. The summed E-state index contributed by atoms with van der Waals surface area (Å²) in [7, 11) is -2.11. The standard InChI is InChI=1S/C12H17N3O3S2/c1-13-20(17,18)10-2-11(19-7-10)12(16)15-5-8-3-14-4-9(8)6-15/h2,7-9,13-14H,3-6H2,1H3/t8-,9+. The second kappa shape index (κ2) is 5.10. The maximum atomic E-state index is 12.4. The van der Waals surface area contributed by atoms with Crippen LogP contribution in [0.25, 0.3) is 0 Å². The van der Waals surface area contributed by atoms with E-state index in [9.17, 15) is 13.2 Å². The Bertz CT molecular complexity index is 614. The van der Waals surface area contributed by atoms with Gasteiger partial charge < -0.3 is 10.2 Å². The molecule has 2 N–H and O–H groups in total. The Morgan fingerprint density at radius 1 is 1.40 bits per heavy atom. The number of nitrogens with one attached hydrogen (secondary N) is 2. The van der Waals surface area contributed by atoms with Crippen molar-refractivity contribution < 1.29 is 13.2 Å². The predicted molar refractivity (Wildman–Crippen MR) is 76.3 cm³/mol. The fraction of sp³-hybridized carbons (Fsp3) is 0.583. The minimum atomic E-state index is -3.47.